The van der Waals surface area contributed by atoms with Crippen LogP contribution < -0.4 is 10.6 Å². The molecule has 2 fully saturated rings. The van der Waals surface area contributed by atoms with Crippen LogP contribution in [0, 0.1) is 5.82 Å². The predicted octanol–water partition coefficient (Wildman–Crippen LogP) is 5.45. The first-order chi connectivity index (χ1) is 16.5. The molecule has 2 aromatic carbocycles. The quantitative estimate of drug-likeness (QED) is 0.355. The molecule has 4 heterocycles. The van der Waals surface area contributed by atoms with Crippen LogP contribution in [0.2, 0.25) is 0 Å². The second-order valence-electron chi connectivity index (χ2n) is 9.53. The van der Waals surface area contributed by atoms with Crippen LogP contribution in [0.3, 0.4) is 0 Å². The maximum absolute atomic E-state index is 15.0. The van der Waals surface area contributed by atoms with Crippen molar-refractivity contribution in [1.29, 1.82) is 0 Å². The van der Waals surface area contributed by atoms with E-state index in [-0.39, 0.29) is 48.6 Å². The third-order valence-electron chi connectivity index (χ3n) is 7.05. The molecule has 2 saturated heterocycles. The second kappa shape index (κ2) is 11.0. The van der Waals surface area contributed by atoms with Gasteiger partial charge in [0.2, 0.25) is 0 Å². The van der Waals surface area contributed by atoms with Crippen LogP contribution in [-0.2, 0) is 0 Å². The fraction of sp³-hybridized carbons (Fsp3) is 0.385. The number of piperidine rings is 1. The van der Waals surface area contributed by atoms with Gasteiger partial charge in [-0.25, -0.2) is 9.37 Å². The standard InChI is InChI=1S/C26H28FN5OS.2ClH/c1-31-11-3-4-18(14-31)29-25(33)17-7-9-23-24(13-17)34-26-30-22(15-32(23)26)19-8-6-16(12-20(19)27)21-5-2-10-28-21;;/h6-9,12-13,15,18,21,28H,2-5,10-11,14H2,1H3,(H,29,33);2*1H/t18-,21?;;/m1../s1. The molecule has 1 unspecified atom stereocenters. The van der Waals surface area contributed by atoms with E-state index in [1.165, 1.54) is 11.3 Å². The number of imidazole rings is 1. The third-order valence-corrected chi connectivity index (χ3v) is 8.07. The van der Waals surface area contributed by atoms with Gasteiger partial charge >= 0.3 is 0 Å². The number of thiazole rings is 1. The number of likely N-dealkylation sites (N-methyl/N-ethyl adjacent to an activating group) is 1. The largest absolute Gasteiger partial charge is 0.348 e. The number of benzene rings is 2. The molecule has 6 nitrogen and oxygen atoms in total. The fourth-order valence-corrected chi connectivity index (χ4v) is 6.30. The first-order valence-electron chi connectivity index (χ1n) is 12.0. The number of halogens is 3. The SMILES string of the molecule is CN1CCC[C@@H](NC(=O)c2ccc3c(c2)sc2nc(-c4ccc(C5CCCN5)cc4F)cn23)C1.Cl.Cl. The molecule has 2 N–H and O–H groups in total. The highest BCUT2D eigenvalue weighted by Gasteiger charge is 2.21. The molecular weight excluding hydrogens is 520 g/mol. The number of aromatic nitrogens is 2. The van der Waals surface area contributed by atoms with E-state index >= 15 is 0 Å². The summed E-state index contributed by atoms with van der Waals surface area (Å²) in [5.41, 5.74) is 3.77. The van der Waals surface area contributed by atoms with Crippen molar-refractivity contribution in [2.45, 2.75) is 37.8 Å². The number of nitrogens with zero attached hydrogens (tertiary/aromatic N) is 3. The molecule has 0 radical (unpaired) electrons. The fourth-order valence-electron chi connectivity index (χ4n) is 5.25. The number of amides is 1. The number of nitrogens with one attached hydrogen (secondary N) is 2. The Balaban J connectivity index is 0.00000152. The van der Waals surface area contributed by atoms with Crippen LogP contribution in [0.15, 0.2) is 42.6 Å². The minimum absolute atomic E-state index is 0. The van der Waals surface area contributed by atoms with Crippen molar-refractivity contribution in [3.8, 4) is 11.3 Å². The highest BCUT2D eigenvalue weighted by atomic mass is 35.5. The minimum atomic E-state index is -0.242. The monoisotopic (exact) mass is 549 g/mol. The number of rotatable bonds is 4. The first-order valence-corrected chi connectivity index (χ1v) is 12.8. The number of carbonyl (C=O) groups excluding carboxylic acids is 1. The summed E-state index contributed by atoms with van der Waals surface area (Å²) in [6, 6.07) is 11.7. The average molecular weight is 551 g/mol. The third kappa shape index (κ3) is 5.10. The molecule has 192 valence electrons. The van der Waals surface area contributed by atoms with Gasteiger partial charge < -0.3 is 15.5 Å². The van der Waals surface area contributed by atoms with Gasteiger partial charge in [-0.15, -0.1) is 24.8 Å². The Labute approximate surface area is 226 Å². The molecule has 36 heavy (non-hydrogen) atoms. The van der Waals surface area contributed by atoms with E-state index in [0.29, 0.717) is 16.8 Å². The van der Waals surface area contributed by atoms with Gasteiger partial charge in [0, 0.05) is 36.0 Å². The van der Waals surface area contributed by atoms with Crippen LogP contribution >= 0.6 is 36.2 Å². The Morgan fingerprint density at radius 2 is 2.03 bits per heavy atom. The molecule has 0 spiro atoms. The molecule has 10 heteroatoms. The summed E-state index contributed by atoms with van der Waals surface area (Å²) in [5, 5.41) is 6.59. The van der Waals surface area contributed by atoms with Crippen LogP contribution in [-0.4, -0.2) is 52.9 Å². The van der Waals surface area contributed by atoms with E-state index in [1.54, 1.807) is 6.07 Å². The summed E-state index contributed by atoms with van der Waals surface area (Å²) in [5.74, 6) is -0.276. The van der Waals surface area contributed by atoms with Gasteiger partial charge in [-0.1, -0.05) is 17.4 Å². The highest BCUT2D eigenvalue weighted by Crippen LogP contribution is 2.32. The summed E-state index contributed by atoms with van der Waals surface area (Å²) in [7, 11) is 2.09. The number of fused-ring (bicyclic) bond motifs is 3. The number of hydrogen-bond donors (Lipinski definition) is 2. The molecule has 6 rings (SSSR count). The van der Waals surface area contributed by atoms with Crippen LogP contribution in [0.1, 0.15) is 47.6 Å². The molecule has 2 atom stereocenters. The zero-order valence-corrected chi connectivity index (χ0v) is 22.4. The van der Waals surface area contributed by atoms with E-state index in [4.69, 9.17) is 4.98 Å². The topological polar surface area (TPSA) is 61.7 Å². The van der Waals surface area contributed by atoms with Gasteiger partial charge in [-0.05, 0) is 81.7 Å². The molecule has 1 amide bonds. The van der Waals surface area contributed by atoms with E-state index in [1.807, 2.05) is 40.9 Å². The number of hydrogen-bond acceptors (Lipinski definition) is 5. The zero-order valence-electron chi connectivity index (χ0n) is 20.0. The van der Waals surface area contributed by atoms with Gasteiger partial charge in [0.1, 0.15) is 5.82 Å². The predicted molar refractivity (Wildman–Crippen MR) is 148 cm³/mol. The van der Waals surface area contributed by atoms with Crippen molar-refractivity contribution in [2.24, 2.45) is 0 Å². The van der Waals surface area contributed by atoms with Crippen molar-refractivity contribution < 1.29 is 9.18 Å². The lowest BCUT2D eigenvalue weighted by Gasteiger charge is -2.30. The maximum Gasteiger partial charge on any atom is 0.251 e. The lowest BCUT2D eigenvalue weighted by molar-refractivity contribution is 0.0912. The maximum atomic E-state index is 15.0. The number of likely N-dealkylation sites (tertiary alicyclic amines) is 1. The molecule has 4 aromatic rings. The summed E-state index contributed by atoms with van der Waals surface area (Å²) in [6.45, 7) is 2.96. The van der Waals surface area contributed by atoms with Gasteiger partial charge in [0.25, 0.3) is 5.91 Å². The molecule has 2 aliphatic heterocycles. The van der Waals surface area contributed by atoms with Crippen molar-refractivity contribution in [3.05, 3.63) is 59.5 Å². The smallest absolute Gasteiger partial charge is 0.251 e. The minimum Gasteiger partial charge on any atom is -0.348 e. The summed E-state index contributed by atoms with van der Waals surface area (Å²) in [6.07, 6.45) is 6.18. The lowest BCUT2D eigenvalue weighted by atomic mass is 10.0. The van der Waals surface area contributed by atoms with Crippen molar-refractivity contribution in [2.75, 3.05) is 26.7 Å². The Bertz CT molecular complexity index is 1380. The van der Waals surface area contributed by atoms with E-state index in [9.17, 15) is 9.18 Å². The average Bonchev–Trinajstić information content (AvgIpc) is 3.55. The van der Waals surface area contributed by atoms with Gasteiger partial charge in [0.15, 0.2) is 4.96 Å². The van der Waals surface area contributed by atoms with Crippen LogP contribution in [0.25, 0.3) is 26.4 Å². The molecule has 0 bridgehead atoms. The Morgan fingerprint density at radius 1 is 1.17 bits per heavy atom. The van der Waals surface area contributed by atoms with Crippen LogP contribution in [0.5, 0.6) is 0 Å². The first kappa shape index (κ1) is 26.8. The van der Waals surface area contributed by atoms with Gasteiger partial charge in [-0.2, -0.15) is 0 Å². The van der Waals surface area contributed by atoms with Crippen molar-refractivity contribution in [3.63, 3.8) is 0 Å². The molecule has 0 aliphatic carbocycles. The van der Waals surface area contributed by atoms with Gasteiger partial charge in [-0.3, -0.25) is 9.20 Å². The lowest BCUT2D eigenvalue weighted by Crippen LogP contribution is -2.46. The van der Waals surface area contributed by atoms with Crippen molar-refractivity contribution >= 4 is 57.2 Å². The molecule has 2 aromatic heterocycles. The van der Waals surface area contributed by atoms with Crippen molar-refractivity contribution in [1.82, 2.24) is 24.9 Å². The molecular formula is C26H30Cl2FN5OS. The second-order valence-corrected chi connectivity index (χ2v) is 10.5. The number of carbonyl (C=O) groups is 1. The Kier molecular flexibility index (Phi) is 8.22. The Hall–Kier alpha value is -2.23. The van der Waals surface area contributed by atoms with Gasteiger partial charge in [0.05, 0.1) is 15.9 Å². The summed E-state index contributed by atoms with van der Waals surface area (Å²) >= 11 is 1.52. The zero-order chi connectivity index (χ0) is 23.2. The van der Waals surface area contributed by atoms with Crippen LogP contribution in [0.4, 0.5) is 4.39 Å². The van der Waals surface area contributed by atoms with E-state index in [0.717, 1.165) is 66.1 Å². The summed E-state index contributed by atoms with van der Waals surface area (Å²) < 4.78 is 18.0. The van der Waals surface area contributed by atoms with E-state index in [2.05, 4.69) is 22.6 Å². The Morgan fingerprint density at radius 3 is 2.78 bits per heavy atom. The molecule has 2 aliphatic rings. The van der Waals surface area contributed by atoms with E-state index < -0.39 is 0 Å². The highest BCUT2D eigenvalue weighted by molar-refractivity contribution is 7.23. The normalized spacial score (nSPS) is 20.3. The summed E-state index contributed by atoms with van der Waals surface area (Å²) in [4.78, 5) is 20.6. The molecule has 0 saturated carbocycles.